The van der Waals surface area contributed by atoms with Crippen LogP contribution in [0.3, 0.4) is 0 Å². The number of benzene rings is 1. The maximum absolute atomic E-state index is 10.4. The first-order valence-electron chi connectivity index (χ1n) is 5.02. The summed E-state index contributed by atoms with van der Waals surface area (Å²) in [5.41, 5.74) is 0.924. The lowest BCUT2D eigenvalue weighted by Crippen LogP contribution is -1.84. The van der Waals surface area contributed by atoms with Gasteiger partial charge in [0.25, 0.3) is 0 Å². The largest absolute Gasteiger partial charge is 0.478 e. The van der Waals surface area contributed by atoms with E-state index in [9.17, 15) is 4.79 Å². The fraction of sp³-hybridized carbons (Fsp3) is 0. The van der Waals surface area contributed by atoms with Crippen molar-refractivity contribution in [2.45, 2.75) is 0 Å². The van der Waals surface area contributed by atoms with E-state index in [0.717, 1.165) is 21.4 Å². The number of halogens is 2. The van der Waals surface area contributed by atoms with Crippen molar-refractivity contribution in [2.75, 3.05) is 0 Å². The van der Waals surface area contributed by atoms with E-state index in [1.54, 1.807) is 12.1 Å². The van der Waals surface area contributed by atoms with Gasteiger partial charge in [-0.25, -0.2) is 4.79 Å². The maximum Gasteiger partial charge on any atom is 0.328 e. The van der Waals surface area contributed by atoms with Crippen molar-refractivity contribution in [3.8, 4) is 10.4 Å². The van der Waals surface area contributed by atoms with Gasteiger partial charge in [0.15, 0.2) is 0 Å². The molecule has 2 aromatic rings. The van der Waals surface area contributed by atoms with E-state index >= 15 is 0 Å². The van der Waals surface area contributed by atoms with E-state index in [2.05, 4.69) is 0 Å². The van der Waals surface area contributed by atoms with Gasteiger partial charge in [-0.2, -0.15) is 0 Å². The predicted octanol–water partition coefficient (Wildman–Crippen LogP) is 4.82. The van der Waals surface area contributed by atoms with Crippen molar-refractivity contribution in [2.24, 2.45) is 0 Å². The molecule has 2 rings (SSSR count). The highest BCUT2D eigenvalue weighted by molar-refractivity contribution is 7.16. The molecule has 92 valence electrons. The molecule has 18 heavy (non-hydrogen) atoms. The summed E-state index contributed by atoms with van der Waals surface area (Å²) >= 11 is 13.4. The average Bonchev–Trinajstić information content (AvgIpc) is 2.73. The van der Waals surface area contributed by atoms with Gasteiger partial charge in [0, 0.05) is 25.9 Å². The molecule has 0 saturated carbocycles. The van der Waals surface area contributed by atoms with Gasteiger partial charge in [0.2, 0.25) is 0 Å². The van der Waals surface area contributed by atoms with Gasteiger partial charge in [-0.05, 0) is 42.0 Å². The van der Waals surface area contributed by atoms with Gasteiger partial charge in [0.05, 0.1) is 0 Å². The molecule has 0 bridgehead atoms. The van der Waals surface area contributed by atoms with Gasteiger partial charge < -0.3 is 5.11 Å². The van der Waals surface area contributed by atoms with Crippen molar-refractivity contribution < 1.29 is 9.90 Å². The molecular formula is C13H8Cl2O2S. The van der Waals surface area contributed by atoms with E-state index in [4.69, 9.17) is 28.3 Å². The number of rotatable bonds is 3. The molecule has 0 aliphatic rings. The Balaban J connectivity index is 2.32. The Morgan fingerprint density at radius 2 is 1.83 bits per heavy atom. The zero-order valence-electron chi connectivity index (χ0n) is 9.06. The summed E-state index contributed by atoms with van der Waals surface area (Å²) in [6.07, 6.45) is 2.67. The highest BCUT2D eigenvalue weighted by Gasteiger charge is 2.04. The minimum Gasteiger partial charge on any atom is -0.478 e. The molecule has 5 heteroatoms. The summed E-state index contributed by atoms with van der Waals surface area (Å²) in [7, 11) is 0. The predicted molar refractivity (Wildman–Crippen MR) is 76.4 cm³/mol. The highest BCUT2D eigenvalue weighted by Crippen LogP contribution is 2.32. The van der Waals surface area contributed by atoms with E-state index in [1.165, 1.54) is 11.3 Å². The Morgan fingerprint density at radius 3 is 2.44 bits per heavy atom. The van der Waals surface area contributed by atoms with Crippen molar-refractivity contribution in [3.63, 3.8) is 0 Å². The SMILES string of the molecule is O=C(O)/C=C/c1ccc(-c2cc(Cl)cc(Cl)c2)s1. The van der Waals surface area contributed by atoms with Crippen LogP contribution in [0.4, 0.5) is 0 Å². The zero-order valence-corrected chi connectivity index (χ0v) is 11.4. The molecule has 0 atom stereocenters. The topological polar surface area (TPSA) is 37.3 Å². The number of carboxylic acid groups (broad SMARTS) is 1. The van der Waals surface area contributed by atoms with E-state index in [-0.39, 0.29) is 0 Å². The van der Waals surface area contributed by atoms with Crippen LogP contribution in [0.2, 0.25) is 10.0 Å². The molecule has 0 unspecified atom stereocenters. The van der Waals surface area contributed by atoms with Gasteiger partial charge in [-0.15, -0.1) is 11.3 Å². The Hall–Kier alpha value is -1.29. The van der Waals surface area contributed by atoms with Crippen LogP contribution in [-0.2, 0) is 4.79 Å². The third-order valence-corrected chi connectivity index (χ3v) is 3.70. The van der Waals surface area contributed by atoms with Crippen LogP contribution in [0.25, 0.3) is 16.5 Å². The fourth-order valence-corrected chi connectivity index (χ4v) is 2.87. The van der Waals surface area contributed by atoms with E-state index in [1.807, 2.05) is 24.3 Å². The maximum atomic E-state index is 10.4. The van der Waals surface area contributed by atoms with Crippen LogP contribution < -0.4 is 0 Å². The van der Waals surface area contributed by atoms with Crippen LogP contribution in [0.15, 0.2) is 36.4 Å². The molecule has 1 heterocycles. The first-order chi connectivity index (χ1) is 8.54. The standard InChI is InChI=1S/C13H8Cl2O2S/c14-9-5-8(6-10(15)7-9)12-3-1-11(18-12)2-4-13(16)17/h1-7H,(H,16,17)/b4-2+. The summed E-state index contributed by atoms with van der Waals surface area (Å²) in [5.74, 6) is -0.962. The first kappa shape index (κ1) is 13.1. The number of aliphatic carboxylic acids is 1. The number of hydrogen-bond donors (Lipinski definition) is 1. The van der Waals surface area contributed by atoms with Crippen molar-refractivity contribution >= 4 is 46.6 Å². The third-order valence-electron chi connectivity index (χ3n) is 2.16. The van der Waals surface area contributed by atoms with Gasteiger partial charge in [-0.3, -0.25) is 0 Å². The molecule has 0 spiro atoms. The van der Waals surface area contributed by atoms with E-state index < -0.39 is 5.97 Å². The molecule has 2 nitrogen and oxygen atoms in total. The van der Waals surface area contributed by atoms with Crippen molar-refractivity contribution in [1.29, 1.82) is 0 Å². The second-order valence-corrected chi connectivity index (χ2v) is 5.52. The van der Waals surface area contributed by atoms with Crippen LogP contribution in [0, 0.1) is 0 Å². The Labute approximate surface area is 118 Å². The fourth-order valence-electron chi connectivity index (χ4n) is 1.45. The Morgan fingerprint density at radius 1 is 1.17 bits per heavy atom. The average molecular weight is 299 g/mol. The third kappa shape index (κ3) is 3.35. The number of hydrogen-bond acceptors (Lipinski definition) is 2. The minimum absolute atomic E-state index is 0.577. The van der Waals surface area contributed by atoms with Gasteiger partial charge >= 0.3 is 5.97 Å². The lowest BCUT2D eigenvalue weighted by Gasteiger charge is -1.99. The van der Waals surface area contributed by atoms with Crippen LogP contribution in [0.1, 0.15) is 4.88 Å². The van der Waals surface area contributed by atoms with E-state index in [0.29, 0.717) is 10.0 Å². The molecule has 1 aromatic heterocycles. The number of carbonyl (C=O) groups is 1. The summed E-state index contributed by atoms with van der Waals surface area (Å²) in [4.78, 5) is 12.3. The Bertz CT molecular complexity index is 597. The van der Waals surface area contributed by atoms with Crippen LogP contribution >= 0.6 is 34.5 Å². The normalized spacial score (nSPS) is 11.0. The van der Waals surface area contributed by atoms with Gasteiger partial charge in [-0.1, -0.05) is 23.2 Å². The van der Waals surface area contributed by atoms with Gasteiger partial charge in [0.1, 0.15) is 0 Å². The zero-order chi connectivity index (χ0) is 13.1. The summed E-state index contributed by atoms with van der Waals surface area (Å²) in [6.45, 7) is 0. The molecule has 1 N–H and O–H groups in total. The molecule has 0 aliphatic carbocycles. The van der Waals surface area contributed by atoms with Crippen LogP contribution in [0.5, 0.6) is 0 Å². The summed E-state index contributed by atoms with van der Waals surface area (Å²) < 4.78 is 0. The van der Waals surface area contributed by atoms with Crippen molar-refractivity contribution in [1.82, 2.24) is 0 Å². The second-order valence-electron chi connectivity index (χ2n) is 3.53. The monoisotopic (exact) mass is 298 g/mol. The number of thiophene rings is 1. The van der Waals surface area contributed by atoms with Crippen LogP contribution in [-0.4, -0.2) is 11.1 Å². The van der Waals surface area contributed by atoms with Crippen molar-refractivity contribution in [3.05, 3.63) is 51.3 Å². The molecule has 1 aromatic carbocycles. The smallest absolute Gasteiger partial charge is 0.328 e. The highest BCUT2D eigenvalue weighted by atomic mass is 35.5. The molecule has 0 radical (unpaired) electrons. The molecule has 0 fully saturated rings. The molecular weight excluding hydrogens is 291 g/mol. The molecule has 0 saturated heterocycles. The minimum atomic E-state index is -0.962. The quantitative estimate of drug-likeness (QED) is 0.825. The summed E-state index contributed by atoms with van der Waals surface area (Å²) in [5, 5.41) is 9.71. The molecule has 0 amide bonds. The lowest BCUT2D eigenvalue weighted by atomic mass is 10.2. The summed E-state index contributed by atoms with van der Waals surface area (Å²) in [6, 6.07) is 9.09. The second kappa shape index (κ2) is 5.57. The number of carboxylic acids is 1. The lowest BCUT2D eigenvalue weighted by molar-refractivity contribution is -0.131. The Kier molecular flexibility index (Phi) is 4.07. The molecule has 0 aliphatic heterocycles. The first-order valence-corrected chi connectivity index (χ1v) is 6.59.